The first-order valence-electron chi connectivity index (χ1n) is 3.03. The Morgan fingerprint density at radius 3 is 2.45 bits per heavy atom. The van der Waals surface area contributed by atoms with E-state index in [1.165, 1.54) is 24.3 Å². The van der Waals surface area contributed by atoms with Crippen LogP contribution in [-0.4, -0.2) is 6.41 Å². The van der Waals surface area contributed by atoms with Gasteiger partial charge in [0.05, 0.1) is 5.69 Å². The molecule has 1 aromatic rings. The van der Waals surface area contributed by atoms with Gasteiger partial charge in [-0.1, -0.05) is 0 Å². The summed E-state index contributed by atoms with van der Waals surface area (Å²) in [5.41, 5.74) is 5.41. The van der Waals surface area contributed by atoms with Gasteiger partial charge in [0, 0.05) is 0 Å². The standard InChI is InChI=1S/C7H7FN2O/c8-6-1-3-7(4-2-6)10-9-5-11/h1-5,10H,(H,9,11). The number of halogens is 1. The average molecular weight is 154 g/mol. The Labute approximate surface area is 63.2 Å². The summed E-state index contributed by atoms with van der Waals surface area (Å²) < 4.78 is 12.3. The highest BCUT2D eigenvalue weighted by molar-refractivity contribution is 5.52. The normalized spacial score (nSPS) is 8.82. The third-order valence-electron chi connectivity index (χ3n) is 1.12. The molecule has 0 radical (unpaired) electrons. The predicted octanol–water partition coefficient (Wildman–Crippen LogP) is 0.899. The van der Waals surface area contributed by atoms with Gasteiger partial charge in [0.2, 0.25) is 6.41 Å². The zero-order chi connectivity index (χ0) is 8.10. The molecule has 2 N–H and O–H groups in total. The number of amides is 1. The predicted molar refractivity (Wildman–Crippen MR) is 39.2 cm³/mol. The van der Waals surface area contributed by atoms with E-state index in [1.54, 1.807) is 0 Å². The molecule has 58 valence electrons. The zero-order valence-corrected chi connectivity index (χ0v) is 5.67. The Hall–Kier alpha value is -1.58. The van der Waals surface area contributed by atoms with Gasteiger partial charge in [0.1, 0.15) is 5.82 Å². The zero-order valence-electron chi connectivity index (χ0n) is 5.67. The summed E-state index contributed by atoms with van der Waals surface area (Å²) in [6.45, 7) is 0. The number of nitrogens with one attached hydrogen (secondary N) is 2. The third kappa shape index (κ3) is 2.25. The highest BCUT2D eigenvalue weighted by Gasteiger charge is 1.89. The van der Waals surface area contributed by atoms with Crippen molar-refractivity contribution in [1.82, 2.24) is 5.43 Å². The molecule has 0 saturated carbocycles. The number of benzene rings is 1. The number of carbonyl (C=O) groups is 1. The SMILES string of the molecule is O=CNNc1ccc(F)cc1. The van der Waals surface area contributed by atoms with Crippen LogP contribution in [0.5, 0.6) is 0 Å². The molecular weight excluding hydrogens is 147 g/mol. The minimum Gasteiger partial charge on any atom is -0.299 e. The van der Waals surface area contributed by atoms with Crippen LogP contribution in [0.2, 0.25) is 0 Å². The summed E-state index contributed by atoms with van der Waals surface area (Å²) in [5, 5.41) is 0. The fourth-order valence-corrected chi connectivity index (χ4v) is 0.646. The van der Waals surface area contributed by atoms with Crippen molar-refractivity contribution in [3.05, 3.63) is 30.1 Å². The smallest absolute Gasteiger partial charge is 0.225 e. The van der Waals surface area contributed by atoms with Crippen molar-refractivity contribution in [2.24, 2.45) is 0 Å². The first-order valence-corrected chi connectivity index (χ1v) is 3.03. The second-order valence-electron chi connectivity index (χ2n) is 1.89. The molecule has 1 rings (SSSR count). The maximum absolute atomic E-state index is 12.3. The first kappa shape index (κ1) is 7.53. The molecule has 0 aliphatic rings. The summed E-state index contributed by atoms with van der Waals surface area (Å²) in [6, 6.07) is 5.64. The molecule has 0 aliphatic carbocycles. The summed E-state index contributed by atoms with van der Waals surface area (Å²) in [4.78, 5) is 9.80. The van der Waals surface area contributed by atoms with E-state index in [1.807, 2.05) is 0 Å². The van der Waals surface area contributed by atoms with Crippen molar-refractivity contribution >= 4 is 12.1 Å². The molecule has 0 saturated heterocycles. The minimum atomic E-state index is -0.304. The maximum atomic E-state index is 12.3. The van der Waals surface area contributed by atoms with Crippen LogP contribution in [0.25, 0.3) is 0 Å². The van der Waals surface area contributed by atoms with Crippen LogP contribution >= 0.6 is 0 Å². The van der Waals surface area contributed by atoms with Crippen LogP contribution in [-0.2, 0) is 4.79 Å². The number of rotatable bonds is 3. The molecule has 0 spiro atoms. The molecule has 0 aliphatic heterocycles. The van der Waals surface area contributed by atoms with Crippen molar-refractivity contribution in [3.63, 3.8) is 0 Å². The summed E-state index contributed by atoms with van der Waals surface area (Å²) in [6.07, 6.45) is 0.503. The van der Waals surface area contributed by atoms with Gasteiger partial charge in [0.25, 0.3) is 0 Å². The fraction of sp³-hybridized carbons (Fsp3) is 0. The molecule has 0 fully saturated rings. The Balaban J connectivity index is 2.58. The number of hydrogen-bond acceptors (Lipinski definition) is 2. The highest BCUT2D eigenvalue weighted by atomic mass is 19.1. The Morgan fingerprint density at radius 1 is 1.27 bits per heavy atom. The van der Waals surface area contributed by atoms with Crippen molar-refractivity contribution in [2.45, 2.75) is 0 Å². The van der Waals surface area contributed by atoms with Gasteiger partial charge in [-0.2, -0.15) is 0 Å². The molecule has 1 amide bonds. The number of hydrogen-bond donors (Lipinski definition) is 2. The van der Waals surface area contributed by atoms with Crippen LogP contribution in [0, 0.1) is 5.82 Å². The van der Waals surface area contributed by atoms with E-state index < -0.39 is 0 Å². The van der Waals surface area contributed by atoms with Crippen LogP contribution in [0.4, 0.5) is 10.1 Å². The Kier molecular flexibility index (Phi) is 2.43. The lowest BCUT2D eigenvalue weighted by Gasteiger charge is -2.01. The maximum Gasteiger partial charge on any atom is 0.225 e. The quantitative estimate of drug-likeness (QED) is 0.501. The first-order chi connectivity index (χ1) is 5.33. The van der Waals surface area contributed by atoms with Crippen molar-refractivity contribution in [2.75, 3.05) is 5.43 Å². The average Bonchev–Trinajstić information content (AvgIpc) is 2.04. The molecule has 0 atom stereocenters. The Bertz CT molecular complexity index is 235. The van der Waals surface area contributed by atoms with Gasteiger partial charge in [-0.05, 0) is 24.3 Å². The van der Waals surface area contributed by atoms with E-state index in [2.05, 4.69) is 10.9 Å². The van der Waals surface area contributed by atoms with Gasteiger partial charge < -0.3 is 0 Å². The molecular formula is C7H7FN2O. The molecule has 1 aromatic carbocycles. The highest BCUT2D eigenvalue weighted by Crippen LogP contribution is 2.05. The summed E-state index contributed by atoms with van der Waals surface area (Å²) >= 11 is 0. The second kappa shape index (κ2) is 3.55. The van der Waals surface area contributed by atoms with E-state index in [0.717, 1.165) is 0 Å². The Morgan fingerprint density at radius 2 is 1.91 bits per heavy atom. The van der Waals surface area contributed by atoms with E-state index in [9.17, 15) is 9.18 Å². The summed E-state index contributed by atoms with van der Waals surface area (Å²) in [7, 11) is 0. The van der Waals surface area contributed by atoms with E-state index >= 15 is 0 Å². The van der Waals surface area contributed by atoms with Crippen LogP contribution < -0.4 is 10.9 Å². The molecule has 0 unspecified atom stereocenters. The fourth-order valence-electron chi connectivity index (χ4n) is 0.646. The topological polar surface area (TPSA) is 41.1 Å². The van der Waals surface area contributed by atoms with Crippen LogP contribution in [0.15, 0.2) is 24.3 Å². The lowest BCUT2D eigenvalue weighted by atomic mass is 10.3. The third-order valence-corrected chi connectivity index (χ3v) is 1.12. The summed E-state index contributed by atoms with van der Waals surface area (Å²) in [5.74, 6) is -0.304. The number of anilines is 1. The molecule has 11 heavy (non-hydrogen) atoms. The van der Waals surface area contributed by atoms with Gasteiger partial charge in [-0.25, -0.2) is 4.39 Å². The van der Waals surface area contributed by atoms with Gasteiger partial charge in [-0.3, -0.25) is 15.6 Å². The van der Waals surface area contributed by atoms with Crippen molar-refractivity contribution < 1.29 is 9.18 Å². The molecule has 4 heteroatoms. The molecule has 0 heterocycles. The van der Waals surface area contributed by atoms with E-state index in [4.69, 9.17) is 0 Å². The van der Waals surface area contributed by atoms with E-state index in [-0.39, 0.29) is 5.82 Å². The molecule has 3 nitrogen and oxygen atoms in total. The minimum absolute atomic E-state index is 0.304. The largest absolute Gasteiger partial charge is 0.299 e. The van der Waals surface area contributed by atoms with Crippen molar-refractivity contribution in [3.8, 4) is 0 Å². The van der Waals surface area contributed by atoms with Gasteiger partial charge in [-0.15, -0.1) is 0 Å². The molecule has 0 bridgehead atoms. The molecule has 0 aromatic heterocycles. The number of hydrazine groups is 1. The number of carbonyl (C=O) groups excluding carboxylic acids is 1. The van der Waals surface area contributed by atoms with Crippen molar-refractivity contribution in [1.29, 1.82) is 0 Å². The second-order valence-corrected chi connectivity index (χ2v) is 1.89. The van der Waals surface area contributed by atoms with Crippen LogP contribution in [0.3, 0.4) is 0 Å². The monoisotopic (exact) mass is 154 g/mol. The van der Waals surface area contributed by atoms with Gasteiger partial charge in [0.15, 0.2) is 0 Å². The van der Waals surface area contributed by atoms with Gasteiger partial charge >= 0.3 is 0 Å². The van der Waals surface area contributed by atoms with E-state index in [0.29, 0.717) is 12.1 Å². The lowest BCUT2D eigenvalue weighted by molar-refractivity contribution is -0.109. The van der Waals surface area contributed by atoms with Crippen LogP contribution in [0.1, 0.15) is 0 Å². The lowest BCUT2D eigenvalue weighted by Crippen LogP contribution is -2.18.